The molecule has 27 heavy (non-hydrogen) atoms. The van der Waals surface area contributed by atoms with Gasteiger partial charge in [-0.1, -0.05) is 0 Å². The molecule has 0 aliphatic heterocycles. The molecule has 0 saturated heterocycles. The second-order valence-electron chi connectivity index (χ2n) is 7.06. The molecule has 4 rings (SSSR count). The molecule has 140 valence electrons. The number of nitrogens with zero attached hydrogens (tertiary/aromatic N) is 3. The number of furan rings is 1. The highest BCUT2D eigenvalue weighted by molar-refractivity contribution is 7.15. The van der Waals surface area contributed by atoms with Gasteiger partial charge in [-0.25, -0.2) is 9.67 Å². The monoisotopic (exact) mass is 384 g/mol. The Bertz CT molecular complexity index is 1010. The number of thiazole rings is 1. The van der Waals surface area contributed by atoms with Crippen LogP contribution in [0.2, 0.25) is 0 Å². The molecular weight excluding hydrogens is 364 g/mol. The van der Waals surface area contributed by atoms with Crippen molar-refractivity contribution in [3.8, 4) is 11.5 Å². The first kappa shape index (κ1) is 17.7. The van der Waals surface area contributed by atoms with Crippen LogP contribution in [0, 0.1) is 0 Å². The molecular formula is C19H20N4O3S. The molecule has 0 fully saturated rings. The standard InChI is InChI=1S/C19H20N4O3S/c1-19(2,17(25)21-18-20-13-6-3-4-8-15(13)27-18)23-16(24)10-9-12(22-23)14-7-5-11-26-14/h5,7,9-11H,3-4,6,8H2,1-2H3,(H,20,21,25). The highest BCUT2D eigenvalue weighted by Crippen LogP contribution is 2.30. The lowest BCUT2D eigenvalue weighted by Crippen LogP contribution is -2.47. The molecule has 8 heteroatoms. The Morgan fingerprint density at radius 2 is 2.07 bits per heavy atom. The predicted molar refractivity (Wildman–Crippen MR) is 103 cm³/mol. The topological polar surface area (TPSA) is 90.0 Å². The average Bonchev–Trinajstić information content (AvgIpc) is 3.31. The fourth-order valence-electron chi connectivity index (χ4n) is 3.12. The van der Waals surface area contributed by atoms with Gasteiger partial charge >= 0.3 is 0 Å². The zero-order valence-electron chi connectivity index (χ0n) is 15.2. The van der Waals surface area contributed by atoms with Crippen LogP contribution in [0.3, 0.4) is 0 Å². The Balaban J connectivity index is 1.62. The number of carbonyl (C=O) groups excluding carboxylic acids is 1. The lowest BCUT2D eigenvalue weighted by Gasteiger charge is -2.24. The lowest BCUT2D eigenvalue weighted by molar-refractivity contribution is -0.123. The minimum absolute atomic E-state index is 0.334. The van der Waals surface area contributed by atoms with Crippen LogP contribution in [0.15, 0.2) is 39.7 Å². The summed E-state index contributed by atoms with van der Waals surface area (Å²) in [6.45, 7) is 3.33. The SMILES string of the molecule is CC(C)(C(=O)Nc1nc2c(s1)CCCC2)n1nc(-c2ccco2)ccc1=O. The van der Waals surface area contributed by atoms with Gasteiger partial charge in [-0.3, -0.25) is 14.9 Å². The zero-order chi connectivity index (χ0) is 19.0. The van der Waals surface area contributed by atoms with E-state index in [1.54, 1.807) is 32.0 Å². The number of hydrogen-bond donors (Lipinski definition) is 1. The van der Waals surface area contributed by atoms with Crippen LogP contribution in [0.25, 0.3) is 11.5 Å². The summed E-state index contributed by atoms with van der Waals surface area (Å²) < 4.78 is 6.53. The quantitative estimate of drug-likeness (QED) is 0.746. The number of aryl methyl sites for hydroxylation is 2. The van der Waals surface area contributed by atoms with Gasteiger partial charge in [0.15, 0.2) is 10.9 Å². The molecule has 7 nitrogen and oxygen atoms in total. The van der Waals surface area contributed by atoms with Crippen LogP contribution >= 0.6 is 11.3 Å². The minimum atomic E-state index is -1.19. The first-order valence-corrected chi connectivity index (χ1v) is 9.71. The van der Waals surface area contributed by atoms with E-state index in [1.165, 1.54) is 33.2 Å². The van der Waals surface area contributed by atoms with Gasteiger partial charge < -0.3 is 4.42 Å². The van der Waals surface area contributed by atoms with Gasteiger partial charge in [0.2, 0.25) is 0 Å². The number of fused-ring (bicyclic) bond motifs is 1. The molecule has 3 aromatic rings. The molecule has 3 aromatic heterocycles. The van der Waals surface area contributed by atoms with Crippen molar-refractivity contribution in [1.29, 1.82) is 0 Å². The molecule has 0 radical (unpaired) electrons. The van der Waals surface area contributed by atoms with E-state index in [2.05, 4.69) is 15.4 Å². The summed E-state index contributed by atoms with van der Waals surface area (Å²) in [5.74, 6) is 0.201. The Kier molecular flexibility index (Phi) is 4.43. The van der Waals surface area contributed by atoms with Crippen molar-refractivity contribution in [2.24, 2.45) is 0 Å². The van der Waals surface area contributed by atoms with Gasteiger partial charge in [0.25, 0.3) is 11.5 Å². The summed E-state index contributed by atoms with van der Waals surface area (Å²) in [5, 5.41) is 7.79. The van der Waals surface area contributed by atoms with Crippen molar-refractivity contribution in [3.05, 3.63) is 51.5 Å². The molecule has 0 unspecified atom stereocenters. The van der Waals surface area contributed by atoms with E-state index in [1.807, 2.05) is 0 Å². The van der Waals surface area contributed by atoms with Crippen molar-refractivity contribution in [1.82, 2.24) is 14.8 Å². The van der Waals surface area contributed by atoms with Gasteiger partial charge in [0, 0.05) is 10.9 Å². The Labute approximate surface area is 160 Å². The van der Waals surface area contributed by atoms with Crippen molar-refractivity contribution in [2.75, 3.05) is 5.32 Å². The Morgan fingerprint density at radius 3 is 2.81 bits per heavy atom. The van der Waals surface area contributed by atoms with Crippen LogP contribution < -0.4 is 10.9 Å². The first-order valence-electron chi connectivity index (χ1n) is 8.90. The van der Waals surface area contributed by atoms with E-state index in [-0.39, 0.29) is 11.5 Å². The molecule has 1 N–H and O–H groups in total. The summed E-state index contributed by atoms with van der Waals surface area (Å²) in [6.07, 6.45) is 5.80. The summed E-state index contributed by atoms with van der Waals surface area (Å²) in [7, 11) is 0. The highest BCUT2D eigenvalue weighted by Gasteiger charge is 2.33. The molecule has 0 atom stereocenters. The van der Waals surface area contributed by atoms with Crippen molar-refractivity contribution in [3.63, 3.8) is 0 Å². The first-order chi connectivity index (χ1) is 12.9. The third-order valence-corrected chi connectivity index (χ3v) is 5.80. The fourth-order valence-corrected chi connectivity index (χ4v) is 4.16. The number of rotatable bonds is 4. The van der Waals surface area contributed by atoms with Gasteiger partial charge in [0.1, 0.15) is 11.2 Å². The van der Waals surface area contributed by atoms with Crippen LogP contribution in [-0.4, -0.2) is 20.7 Å². The Morgan fingerprint density at radius 1 is 1.26 bits per heavy atom. The van der Waals surface area contributed by atoms with Crippen LogP contribution in [0.4, 0.5) is 5.13 Å². The zero-order valence-corrected chi connectivity index (χ0v) is 16.0. The molecule has 0 bridgehead atoms. The van der Waals surface area contributed by atoms with Crippen molar-refractivity contribution < 1.29 is 9.21 Å². The third kappa shape index (κ3) is 3.32. The summed E-state index contributed by atoms with van der Waals surface area (Å²) >= 11 is 1.51. The second kappa shape index (κ2) is 6.77. The van der Waals surface area contributed by atoms with Crippen LogP contribution in [-0.2, 0) is 23.2 Å². The molecule has 1 amide bonds. The van der Waals surface area contributed by atoms with Gasteiger partial charge in [-0.05, 0) is 57.7 Å². The summed E-state index contributed by atoms with van der Waals surface area (Å²) in [4.78, 5) is 31.1. The van der Waals surface area contributed by atoms with Crippen LogP contribution in [0.5, 0.6) is 0 Å². The van der Waals surface area contributed by atoms with E-state index in [9.17, 15) is 9.59 Å². The largest absolute Gasteiger partial charge is 0.463 e. The number of aromatic nitrogens is 3. The molecule has 0 saturated carbocycles. The number of carbonyl (C=O) groups is 1. The predicted octanol–water partition coefficient (Wildman–Crippen LogP) is 3.21. The van der Waals surface area contributed by atoms with E-state index in [0.717, 1.165) is 31.4 Å². The maximum Gasteiger partial charge on any atom is 0.267 e. The van der Waals surface area contributed by atoms with Crippen molar-refractivity contribution in [2.45, 2.75) is 45.1 Å². The normalized spacial score (nSPS) is 14.0. The number of nitrogens with one attached hydrogen (secondary N) is 1. The van der Waals surface area contributed by atoms with Gasteiger partial charge in [0.05, 0.1) is 12.0 Å². The van der Waals surface area contributed by atoms with E-state index < -0.39 is 5.54 Å². The molecule has 1 aliphatic carbocycles. The maximum absolute atomic E-state index is 12.9. The Hall–Kier alpha value is -2.74. The van der Waals surface area contributed by atoms with Gasteiger partial charge in [-0.15, -0.1) is 11.3 Å². The average molecular weight is 384 g/mol. The molecule has 1 aliphatic rings. The van der Waals surface area contributed by atoms with E-state index >= 15 is 0 Å². The smallest absolute Gasteiger partial charge is 0.267 e. The van der Waals surface area contributed by atoms with Gasteiger partial charge in [-0.2, -0.15) is 5.10 Å². The van der Waals surface area contributed by atoms with Crippen LogP contribution in [0.1, 0.15) is 37.3 Å². The molecule has 0 aromatic carbocycles. The molecule has 3 heterocycles. The molecule has 0 spiro atoms. The third-order valence-electron chi connectivity index (χ3n) is 4.73. The second-order valence-corrected chi connectivity index (χ2v) is 8.14. The van der Waals surface area contributed by atoms with Crippen molar-refractivity contribution >= 4 is 22.4 Å². The van der Waals surface area contributed by atoms with E-state index in [4.69, 9.17) is 4.42 Å². The maximum atomic E-state index is 12.9. The lowest BCUT2D eigenvalue weighted by atomic mass is 10.0. The van der Waals surface area contributed by atoms with E-state index in [0.29, 0.717) is 16.6 Å². The minimum Gasteiger partial charge on any atom is -0.463 e. The fraction of sp³-hybridized carbons (Fsp3) is 0.368. The highest BCUT2D eigenvalue weighted by atomic mass is 32.1. The summed E-state index contributed by atoms with van der Waals surface area (Å²) in [6, 6.07) is 6.47. The number of hydrogen-bond acceptors (Lipinski definition) is 6. The number of amides is 1. The summed E-state index contributed by atoms with van der Waals surface area (Å²) in [5.41, 5.74) is 0.0230. The number of anilines is 1.